The van der Waals surface area contributed by atoms with Gasteiger partial charge in [0.05, 0.1) is 12.2 Å². The molecule has 3 rings (SSSR count). The number of benzene rings is 1. The fourth-order valence-electron chi connectivity index (χ4n) is 5.20. The van der Waals surface area contributed by atoms with Gasteiger partial charge in [-0.1, -0.05) is 53.6 Å². The van der Waals surface area contributed by atoms with Gasteiger partial charge in [0.15, 0.2) is 0 Å². The average Bonchev–Trinajstić information content (AvgIpc) is 3.21. The lowest BCUT2D eigenvalue weighted by atomic mass is 9.88. The van der Waals surface area contributed by atoms with Gasteiger partial charge < -0.3 is 15.1 Å². The van der Waals surface area contributed by atoms with Crippen LogP contribution in [0, 0.1) is 24.7 Å². The number of allylic oxidation sites excluding steroid dienone is 2. The van der Waals surface area contributed by atoms with Crippen LogP contribution in [0.3, 0.4) is 0 Å². The van der Waals surface area contributed by atoms with Crippen LogP contribution in [-0.4, -0.2) is 45.8 Å². The van der Waals surface area contributed by atoms with Crippen molar-refractivity contribution in [2.75, 3.05) is 7.05 Å². The SMILES string of the molecule is Cc1cccc(C[C@@H](O)C=C[C@@H]2[C@H]3CC(CCCC(=O)N(C)C(C)(C)C)=C[C@H]3C[C@H]2O)c1. The van der Waals surface area contributed by atoms with Crippen LogP contribution in [0.2, 0.25) is 0 Å². The van der Waals surface area contributed by atoms with Crippen LogP contribution in [0.15, 0.2) is 48.1 Å². The highest BCUT2D eigenvalue weighted by atomic mass is 16.3. The summed E-state index contributed by atoms with van der Waals surface area (Å²) in [4.78, 5) is 14.2. The maximum absolute atomic E-state index is 12.4. The van der Waals surface area contributed by atoms with Gasteiger partial charge >= 0.3 is 0 Å². The molecule has 4 heteroatoms. The lowest BCUT2D eigenvalue weighted by molar-refractivity contribution is -0.134. The fourth-order valence-corrected chi connectivity index (χ4v) is 5.20. The number of amides is 1. The molecule has 0 radical (unpaired) electrons. The highest BCUT2D eigenvalue weighted by Crippen LogP contribution is 2.48. The second kappa shape index (κ2) is 10.4. The van der Waals surface area contributed by atoms with E-state index in [2.05, 4.69) is 45.9 Å². The van der Waals surface area contributed by atoms with Crippen molar-refractivity contribution in [3.63, 3.8) is 0 Å². The molecule has 0 heterocycles. The van der Waals surface area contributed by atoms with Crippen LogP contribution < -0.4 is 0 Å². The topological polar surface area (TPSA) is 60.8 Å². The Balaban J connectivity index is 1.49. The van der Waals surface area contributed by atoms with Crippen LogP contribution in [0.4, 0.5) is 0 Å². The van der Waals surface area contributed by atoms with Gasteiger partial charge in [-0.25, -0.2) is 0 Å². The molecular formula is C28H41NO3. The second-order valence-corrected chi connectivity index (χ2v) is 10.9. The predicted octanol–water partition coefficient (Wildman–Crippen LogP) is 4.83. The van der Waals surface area contributed by atoms with Gasteiger partial charge in [0, 0.05) is 31.3 Å². The standard InChI is InChI=1S/C28H41NO3/c1-19-8-6-9-20(14-19)16-23(30)12-13-24-25-17-21(15-22(25)18-26(24)31)10-7-11-27(32)29(5)28(2,3)4/h6,8-9,12-15,22-26,30-31H,7,10-11,16-18H2,1-5H3/t22-,23-,24+,25-,26+/m0/s1. The number of hydrogen-bond donors (Lipinski definition) is 2. The lowest BCUT2D eigenvalue weighted by Gasteiger charge is -2.32. The molecule has 176 valence electrons. The zero-order valence-corrected chi connectivity index (χ0v) is 20.4. The van der Waals surface area contributed by atoms with Gasteiger partial charge in [-0.2, -0.15) is 0 Å². The minimum Gasteiger partial charge on any atom is -0.392 e. The number of hydrogen-bond acceptors (Lipinski definition) is 3. The molecule has 1 saturated carbocycles. The van der Waals surface area contributed by atoms with Gasteiger partial charge in [0.25, 0.3) is 0 Å². The summed E-state index contributed by atoms with van der Waals surface area (Å²) < 4.78 is 0. The molecule has 2 N–H and O–H groups in total. The minimum absolute atomic E-state index is 0.0922. The Morgan fingerprint density at radius 3 is 2.75 bits per heavy atom. The Hall–Kier alpha value is -1.91. The van der Waals surface area contributed by atoms with Crippen molar-refractivity contribution in [2.45, 2.75) is 84.0 Å². The maximum Gasteiger partial charge on any atom is 0.222 e. The molecule has 0 bridgehead atoms. The minimum atomic E-state index is -0.539. The quantitative estimate of drug-likeness (QED) is 0.571. The predicted molar refractivity (Wildman–Crippen MR) is 130 cm³/mol. The number of nitrogens with zero attached hydrogens (tertiary/aromatic N) is 1. The van der Waals surface area contributed by atoms with Gasteiger partial charge in [0.2, 0.25) is 5.91 Å². The van der Waals surface area contributed by atoms with Crippen molar-refractivity contribution in [3.8, 4) is 0 Å². The summed E-state index contributed by atoms with van der Waals surface area (Å²) in [6.45, 7) is 8.23. The number of rotatable bonds is 8. The molecule has 2 aliphatic rings. The number of aliphatic hydroxyl groups excluding tert-OH is 2. The van der Waals surface area contributed by atoms with E-state index in [0.717, 1.165) is 31.2 Å². The first kappa shape index (κ1) is 24.7. The summed E-state index contributed by atoms with van der Waals surface area (Å²) in [5, 5.41) is 21.1. The summed E-state index contributed by atoms with van der Waals surface area (Å²) in [6.07, 6.45) is 10.2. The number of carbonyl (C=O) groups is 1. The zero-order valence-electron chi connectivity index (χ0n) is 20.4. The van der Waals surface area contributed by atoms with Crippen molar-refractivity contribution in [1.82, 2.24) is 4.90 Å². The zero-order chi connectivity index (χ0) is 23.5. The van der Waals surface area contributed by atoms with Crippen LogP contribution >= 0.6 is 0 Å². The van der Waals surface area contributed by atoms with E-state index in [1.807, 2.05) is 36.2 Å². The molecular weight excluding hydrogens is 398 g/mol. The number of aryl methyl sites for hydroxylation is 1. The second-order valence-electron chi connectivity index (χ2n) is 10.9. The van der Waals surface area contributed by atoms with E-state index in [9.17, 15) is 15.0 Å². The van der Waals surface area contributed by atoms with Gasteiger partial charge in [0.1, 0.15) is 0 Å². The van der Waals surface area contributed by atoms with E-state index in [4.69, 9.17) is 0 Å². The number of carbonyl (C=O) groups excluding carboxylic acids is 1. The van der Waals surface area contributed by atoms with Crippen molar-refractivity contribution in [1.29, 1.82) is 0 Å². The Morgan fingerprint density at radius 2 is 2.06 bits per heavy atom. The molecule has 1 fully saturated rings. The van der Waals surface area contributed by atoms with Crippen molar-refractivity contribution in [3.05, 3.63) is 59.2 Å². The average molecular weight is 440 g/mol. The molecule has 4 nitrogen and oxygen atoms in total. The van der Waals surface area contributed by atoms with Crippen LogP contribution in [-0.2, 0) is 11.2 Å². The normalized spacial score (nSPS) is 26.3. The molecule has 32 heavy (non-hydrogen) atoms. The number of aliphatic hydroxyl groups is 2. The fraction of sp³-hybridized carbons (Fsp3) is 0.607. The van der Waals surface area contributed by atoms with E-state index >= 15 is 0 Å². The molecule has 1 aromatic rings. The summed E-state index contributed by atoms with van der Waals surface area (Å²) in [6, 6.07) is 8.23. The summed E-state index contributed by atoms with van der Waals surface area (Å²) >= 11 is 0. The third-order valence-electron chi connectivity index (χ3n) is 7.30. The highest BCUT2D eigenvalue weighted by Gasteiger charge is 2.43. The molecule has 0 saturated heterocycles. The highest BCUT2D eigenvalue weighted by molar-refractivity contribution is 5.76. The number of fused-ring (bicyclic) bond motifs is 1. The first-order chi connectivity index (χ1) is 15.0. The van der Waals surface area contributed by atoms with Crippen molar-refractivity contribution >= 4 is 5.91 Å². The molecule has 1 amide bonds. The first-order valence-electron chi connectivity index (χ1n) is 12.1. The van der Waals surface area contributed by atoms with Gasteiger partial charge in [-0.15, -0.1) is 0 Å². The maximum atomic E-state index is 12.4. The van der Waals surface area contributed by atoms with Gasteiger partial charge in [-0.3, -0.25) is 4.79 Å². The Kier molecular flexibility index (Phi) is 8.00. The Morgan fingerprint density at radius 1 is 1.31 bits per heavy atom. The van der Waals surface area contributed by atoms with E-state index in [1.54, 1.807) is 0 Å². The van der Waals surface area contributed by atoms with Crippen LogP contribution in [0.1, 0.15) is 64.0 Å². The Bertz CT molecular complexity index is 850. The summed E-state index contributed by atoms with van der Waals surface area (Å²) in [7, 11) is 1.88. The molecule has 0 spiro atoms. The molecule has 5 atom stereocenters. The molecule has 0 aliphatic heterocycles. The van der Waals surface area contributed by atoms with Gasteiger partial charge in [-0.05, 0) is 70.8 Å². The van der Waals surface area contributed by atoms with E-state index in [0.29, 0.717) is 24.7 Å². The Labute approximate surface area is 194 Å². The lowest BCUT2D eigenvalue weighted by Crippen LogP contribution is -2.42. The molecule has 2 aliphatic carbocycles. The van der Waals surface area contributed by atoms with Crippen LogP contribution in [0.5, 0.6) is 0 Å². The first-order valence-corrected chi connectivity index (χ1v) is 12.1. The third-order valence-corrected chi connectivity index (χ3v) is 7.30. The van der Waals surface area contributed by atoms with Crippen LogP contribution in [0.25, 0.3) is 0 Å². The largest absolute Gasteiger partial charge is 0.392 e. The summed E-state index contributed by atoms with van der Waals surface area (Å²) in [5.41, 5.74) is 3.62. The molecule has 0 unspecified atom stereocenters. The smallest absolute Gasteiger partial charge is 0.222 e. The molecule has 0 aromatic heterocycles. The van der Waals surface area contributed by atoms with Crippen molar-refractivity contribution < 1.29 is 15.0 Å². The van der Waals surface area contributed by atoms with E-state index in [1.165, 1.54) is 11.1 Å². The monoisotopic (exact) mass is 439 g/mol. The van der Waals surface area contributed by atoms with E-state index in [-0.39, 0.29) is 23.5 Å². The third kappa shape index (κ3) is 6.32. The summed E-state index contributed by atoms with van der Waals surface area (Å²) in [5.74, 6) is 1.12. The van der Waals surface area contributed by atoms with Crippen molar-refractivity contribution in [2.24, 2.45) is 17.8 Å². The van der Waals surface area contributed by atoms with E-state index < -0.39 is 6.10 Å². The molecule has 1 aromatic carbocycles.